The quantitative estimate of drug-likeness (QED) is 0.774. The van der Waals surface area contributed by atoms with Crippen LogP contribution in [0.2, 0.25) is 10.0 Å². The van der Waals surface area contributed by atoms with Crippen molar-refractivity contribution in [1.82, 2.24) is 5.32 Å². The second kappa shape index (κ2) is 8.77. The highest BCUT2D eigenvalue weighted by atomic mass is 35.5. The maximum Gasteiger partial charge on any atom is 0.0616 e. The second-order valence-corrected chi connectivity index (χ2v) is 5.48. The van der Waals surface area contributed by atoms with Crippen molar-refractivity contribution in [2.45, 2.75) is 31.8 Å². The number of nitrogens with one attached hydrogen (secondary N) is 1. The number of benzene rings is 1. The first-order valence-electron chi connectivity index (χ1n) is 6.48. The highest BCUT2D eigenvalue weighted by molar-refractivity contribution is 6.35. The second-order valence-electron chi connectivity index (χ2n) is 4.64. The molecule has 0 saturated carbocycles. The lowest BCUT2D eigenvalue weighted by Gasteiger charge is -2.23. The van der Waals surface area contributed by atoms with Gasteiger partial charge in [-0.3, -0.25) is 0 Å². The average Bonchev–Trinajstić information content (AvgIpc) is 2.36. The molecule has 0 radical (unpaired) electrons. The van der Waals surface area contributed by atoms with Gasteiger partial charge in [0.2, 0.25) is 0 Å². The molecule has 19 heavy (non-hydrogen) atoms. The van der Waals surface area contributed by atoms with Crippen molar-refractivity contribution in [3.8, 4) is 0 Å². The van der Waals surface area contributed by atoms with Crippen molar-refractivity contribution >= 4 is 23.2 Å². The van der Waals surface area contributed by atoms with Crippen LogP contribution in [0.15, 0.2) is 18.2 Å². The van der Waals surface area contributed by atoms with E-state index in [0.29, 0.717) is 23.2 Å². The minimum absolute atomic E-state index is 0.141. The molecular formula is C14H22Cl2N2O. The summed E-state index contributed by atoms with van der Waals surface area (Å²) in [6, 6.07) is 5.99. The first kappa shape index (κ1) is 16.7. The van der Waals surface area contributed by atoms with Crippen molar-refractivity contribution in [3.05, 3.63) is 33.8 Å². The molecule has 0 fully saturated rings. The average molecular weight is 305 g/mol. The summed E-state index contributed by atoms with van der Waals surface area (Å²) < 4.78 is 5.23. The van der Waals surface area contributed by atoms with Crippen molar-refractivity contribution in [2.24, 2.45) is 5.73 Å². The van der Waals surface area contributed by atoms with Gasteiger partial charge in [0, 0.05) is 29.2 Å². The van der Waals surface area contributed by atoms with E-state index in [1.165, 1.54) is 0 Å². The Kier molecular flexibility index (Phi) is 7.73. The van der Waals surface area contributed by atoms with E-state index in [4.69, 9.17) is 33.7 Å². The van der Waals surface area contributed by atoms with Gasteiger partial charge < -0.3 is 15.8 Å². The summed E-state index contributed by atoms with van der Waals surface area (Å²) in [7, 11) is 1.71. The Morgan fingerprint density at radius 1 is 1.37 bits per heavy atom. The number of hydrogen-bond donors (Lipinski definition) is 2. The minimum atomic E-state index is 0.141. The molecule has 0 aliphatic carbocycles. The lowest BCUT2D eigenvalue weighted by molar-refractivity contribution is 0.156. The van der Waals surface area contributed by atoms with E-state index >= 15 is 0 Å². The van der Waals surface area contributed by atoms with Gasteiger partial charge in [-0.15, -0.1) is 0 Å². The van der Waals surface area contributed by atoms with Gasteiger partial charge in [-0.25, -0.2) is 0 Å². The van der Waals surface area contributed by atoms with E-state index in [9.17, 15) is 0 Å². The van der Waals surface area contributed by atoms with Crippen LogP contribution < -0.4 is 11.1 Å². The van der Waals surface area contributed by atoms with Crippen LogP contribution in [-0.4, -0.2) is 26.3 Å². The van der Waals surface area contributed by atoms with E-state index in [0.717, 1.165) is 18.4 Å². The summed E-state index contributed by atoms with van der Waals surface area (Å²) in [6.07, 6.45) is 1.96. The molecule has 1 aromatic carbocycles. The molecule has 1 aromatic rings. The Balaban J connectivity index is 2.66. The minimum Gasteiger partial charge on any atom is -0.383 e. The number of rotatable bonds is 8. The lowest BCUT2D eigenvalue weighted by atomic mass is 10.1. The van der Waals surface area contributed by atoms with Gasteiger partial charge in [0.25, 0.3) is 0 Å². The monoisotopic (exact) mass is 304 g/mol. The van der Waals surface area contributed by atoms with Crippen LogP contribution >= 0.6 is 23.2 Å². The predicted octanol–water partition coefficient (Wildman–Crippen LogP) is 3.40. The third-order valence-electron chi connectivity index (χ3n) is 3.04. The maximum atomic E-state index is 6.21. The molecule has 0 amide bonds. The van der Waals surface area contributed by atoms with Gasteiger partial charge in [0.1, 0.15) is 0 Å². The summed E-state index contributed by atoms with van der Waals surface area (Å²) in [6.45, 7) is 3.44. The molecule has 0 spiro atoms. The Labute approximate surface area is 125 Å². The Morgan fingerprint density at radius 3 is 2.68 bits per heavy atom. The molecule has 3 nitrogen and oxygen atoms in total. The van der Waals surface area contributed by atoms with E-state index in [1.54, 1.807) is 13.2 Å². The number of methoxy groups -OCH3 is 1. The molecule has 0 aromatic heterocycles. The van der Waals surface area contributed by atoms with Gasteiger partial charge >= 0.3 is 0 Å². The molecule has 0 aliphatic heterocycles. The molecule has 108 valence electrons. The fourth-order valence-corrected chi connectivity index (χ4v) is 2.65. The van der Waals surface area contributed by atoms with Gasteiger partial charge in [0.15, 0.2) is 0 Å². The van der Waals surface area contributed by atoms with Gasteiger partial charge in [-0.05, 0) is 44.0 Å². The summed E-state index contributed by atoms with van der Waals surface area (Å²) in [5.41, 5.74) is 6.59. The van der Waals surface area contributed by atoms with Crippen LogP contribution in [0.1, 0.15) is 31.4 Å². The largest absolute Gasteiger partial charge is 0.383 e. The Morgan fingerprint density at radius 2 is 2.11 bits per heavy atom. The fourth-order valence-electron chi connectivity index (χ4n) is 2.08. The first-order valence-corrected chi connectivity index (χ1v) is 7.24. The SMILES string of the molecule is COCC(CCCN)NC(C)c1ccc(Cl)cc1Cl. The van der Waals surface area contributed by atoms with E-state index < -0.39 is 0 Å². The number of halogens is 2. The first-order chi connectivity index (χ1) is 9.08. The molecule has 0 aliphatic rings. The maximum absolute atomic E-state index is 6.21. The van der Waals surface area contributed by atoms with Crippen LogP contribution in [0.3, 0.4) is 0 Å². The number of ether oxygens (including phenoxy) is 1. The van der Waals surface area contributed by atoms with E-state index in [1.807, 2.05) is 12.1 Å². The van der Waals surface area contributed by atoms with Gasteiger partial charge in [-0.2, -0.15) is 0 Å². The topological polar surface area (TPSA) is 47.3 Å². The molecule has 3 N–H and O–H groups in total. The van der Waals surface area contributed by atoms with Crippen LogP contribution in [0.4, 0.5) is 0 Å². The predicted molar refractivity (Wildman–Crippen MR) is 82.0 cm³/mol. The standard InChI is InChI=1S/C14H22Cl2N2O/c1-10(13-6-5-11(15)8-14(13)16)18-12(9-19-2)4-3-7-17/h5-6,8,10,12,18H,3-4,7,9,17H2,1-2H3. The third-order valence-corrected chi connectivity index (χ3v) is 3.60. The zero-order valence-corrected chi connectivity index (χ0v) is 13.0. The number of nitrogens with two attached hydrogens (primary N) is 1. The van der Waals surface area contributed by atoms with Crippen LogP contribution in [0.25, 0.3) is 0 Å². The van der Waals surface area contributed by atoms with Crippen molar-refractivity contribution < 1.29 is 4.74 Å². The highest BCUT2D eigenvalue weighted by Gasteiger charge is 2.15. The van der Waals surface area contributed by atoms with Crippen molar-refractivity contribution in [3.63, 3.8) is 0 Å². The molecule has 1 rings (SSSR count). The van der Waals surface area contributed by atoms with Crippen LogP contribution in [0, 0.1) is 0 Å². The van der Waals surface area contributed by atoms with Crippen LogP contribution in [-0.2, 0) is 4.74 Å². The normalized spacial score (nSPS) is 14.4. The van der Waals surface area contributed by atoms with Crippen molar-refractivity contribution in [1.29, 1.82) is 0 Å². The summed E-state index contributed by atoms with van der Waals surface area (Å²) in [5.74, 6) is 0. The van der Waals surface area contributed by atoms with Gasteiger partial charge in [-0.1, -0.05) is 29.3 Å². The Bertz CT molecular complexity index is 388. The molecule has 0 bridgehead atoms. The highest BCUT2D eigenvalue weighted by Crippen LogP contribution is 2.26. The summed E-state index contributed by atoms with van der Waals surface area (Å²) in [5, 5.41) is 4.85. The molecule has 2 atom stereocenters. The summed E-state index contributed by atoms with van der Waals surface area (Å²) >= 11 is 12.1. The number of hydrogen-bond acceptors (Lipinski definition) is 3. The van der Waals surface area contributed by atoms with Crippen molar-refractivity contribution in [2.75, 3.05) is 20.3 Å². The molecular weight excluding hydrogens is 283 g/mol. The molecule has 5 heteroatoms. The van der Waals surface area contributed by atoms with Crippen LogP contribution in [0.5, 0.6) is 0 Å². The molecule has 0 heterocycles. The molecule has 0 saturated heterocycles. The smallest absolute Gasteiger partial charge is 0.0616 e. The summed E-state index contributed by atoms with van der Waals surface area (Å²) in [4.78, 5) is 0. The van der Waals surface area contributed by atoms with Gasteiger partial charge in [0.05, 0.1) is 6.61 Å². The lowest BCUT2D eigenvalue weighted by Crippen LogP contribution is -2.35. The third kappa shape index (κ3) is 5.67. The zero-order chi connectivity index (χ0) is 14.3. The zero-order valence-electron chi connectivity index (χ0n) is 11.5. The van der Waals surface area contributed by atoms with E-state index in [2.05, 4.69) is 12.2 Å². The fraction of sp³-hybridized carbons (Fsp3) is 0.571. The Hall–Kier alpha value is -0.320. The molecule has 2 unspecified atom stereocenters. The van der Waals surface area contributed by atoms with E-state index in [-0.39, 0.29) is 12.1 Å².